The first-order chi connectivity index (χ1) is 7.65. The molecule has 3 nitrogen and oxygen atoms in total. The van der Waals surface area contributed by atoms with Crippen LogP contribution in [0.1, 0.15) is 19.4 Å². The Morgan fingerprint density at radius 3 is 2.44 bits per heavy atom. The smallest absolute Gasteiger partial charge is 0.125 e. The topological polar surface area (TPSA) is 47.6 Å². The second-order valence-electron chi connectivity index (χ2n) is 4.15. The van der Waals surface area contributed by atoms with E-state index in [0.29, 0.717) is 18.4 Å². The van der Waals surface area contributed by atoms with Crippen molar-refractivity contribution in [3.8, 4) is 0 Å². The number of nitrogens with zero attached hydrogens (tertiary/aromatic N) is 1. The molecule has 0 bridgehead atoms. The van der Waals surface area contributed by atoms with Crippen LogP contribution in [0.15, 0.2) is 35.3 Å². The van der Waals surface area contributed by atoms with Crippen LogP contribution in [0.25, 0.3) is 0 Å². The monoisotopic (exact) mass is 220 g/mol. The molecule has 16 heavy (non-hydrogen) atoms. The number of rotatable bonds is 5. The van der Waals surface area contributed by atoms with Gasteiger partial charge in [-0.25, -0.2) is 0 Å². The minimum Gasteiger partial charge on any atom is -0.383 e. The molecule has 2 N–H and O–H groups in total. The first kappa shape index (κ1) is 12.7. The molecule has 1 rings (SSSR count). The fourth-order valence-electron chi connectivity index (χ4n) is 1.41. The summed E-state index contributed by atoms with van der Waals surface area (Å²) in [5.41, 5.74) is 6.92. The SMILES string of the molecule is COCC(N=C(N)c1ccccc1)C(C)C. The van der Waals surface area contributed by atoms with Crippen molar-refractivity contribution in [1.82, 2.24) is 0 Å². The number of aliphatic imine (C=N–C) groups is 1. The molecule has 0 heterocycles. The standard InChI is InChI=1S/C13H20N2O/c1-10(2)12(9-16-3)15-13(14)11-7-5-4-6-8-11/h4-8,10,12H,9H2,1-3H3,(H2,14,15). The van der Waals surface area contributed by atoms with Gasteiger partial charge in [-0.1, -0.05) is 44.2 Å². The van der Waals surface area contributed by atoms with E-state index in [1.807, 2.05) is 30.3 Å². The molecule has 1 atom stereocenters. The molecule has 0 saturated carbocycles. The van der Waals surface area contributed by atoms with Crippen molar-refractivity contribution < 1.29 is 4.74 Å². The zero-order chi connectivity index (χ0) is 12.0. The van der Waals surface area contributed by atoms with Crippen molar-refractivity contribution >= 4 is 5.84 Å². The molecule has 3 heteroatoms. The van der Waals surface area contributed by atoms with Gasteiger partial charge in [-0.2, -0.15) is 0 Å². The van der Waals surface area contributed by atoms with Crippen LogP contribution < -0.4 is 5.73 Å². The second-order valence-corrected chi connectivity index (χ2v) is 4.15. The maximum atomic E-state index is 5.96. The van der Waals surface area contributed by atoms with Gasteiger partial charge in [0.1, 0.15) is 5.84 Å². The minimum absolute atomic E-state index is 0.116. The summed E-state index contributed by atoms with van der Waals surface area (Å²) in [6.45, 7) is 4.84. The highest BCUT2D eigenvalue weighted by Gasteiger charge is 2.12. The summed E-state index contributed by atoms with van der Waals surface area (Å²) in [6.07, 6.45) is 0. The van der Waals surface area contributed by atoms with E-state index in [0.717, 1.165) is 5.56 Å². The number of benzene rings is 1. The van der Waals surface area contributed by atoms with Gasteiger partial charge in [0.2, 0.25) is 0 Å². The summed E-state index contributed by atoms with van der Waals surface area (Å²) >= 11 is 0. The Bertz CT molecular complexity index is 333. The maximum Gasteiger partial charge on any atom is 0.125 e. The van der Waals surface area contributed by atoms with Crippen LogP contribution in [-0.4, -0.2) is 25.6 Å². The van der Waals surface area contributed by atoms with Crippen LogP contribution in [0, 0.1) is 5.92 Å². The summed E-state index contributed by atoms with van der Waals surface area (Å²) in [5, 5.41) is 0. The van der Waals surface area contributed by atoms with E-state index in [2.05, 4.69) is 18.8 Å². The van der Waals surface area contributed by atoms with Crippen LogP contribution in [-0.2, 0) is 4.74 Å². The molecule has 1 aromatic carbocycles. The predicted octanol–water partition coefficient (Wildman–Crippen LogP) is 2.06. The van der Waals surface area contributed by atoms with Crippen molar-refractivity contribution in [1.29, 1.82) is 0 Å². The molecular weight excluding hydrogens is 200 g/mol. The van der Waals surface area contributed by atoms with Gasteiger partial charge in [0.05, 0.1) is 12.6 Å². The lowest BCUT2D eigenvalue weighted by atomic mass is 10.1. The van der Waals surface area contributed by atoms with Gasteiger partial charge in [0, 0.05) is 12.7 Å². The van der Waals surface area contributed by atoms with Crippen molar-refractivity contribution in [2.45, 2.75) is 19.9 Å². The first-order valence-corrected chi connectivity index (χ1v) is 5.52. The molecule has 1 aromatic rings. The highest BCUT2D eigenvalue weighted by atomic mass is 16.5. The molecule has 0 aliphatic carbocycles. The number of hydrogen-bond acceptors (Lipinski definition) is 2. The molecule has 0 saturated heterocycles. The fourth-order valence-corrected chi connectivity index (χ4v) is 1.41. The third-order valence-electron chi connectivity index (χ3n) is 2.48. The Balaban J connectivity index is 2.81. The number of methoxy groups -OCH3 is 1. The lowest BCUT2D eigenvalue weighted by molar-refractivity contribution is 0.165. The fraction of sp³-hybridized carbons (Fsp3) is 0.462. The van der Waals surface area contributed by atoms with E-state index in [9.17, 15) is 0 Å². The van der Waals surface area contributed by atoms with Crippen LogP contribution in [0.3, 0.4) is 0 Å². The van der Waals surface area contributed by atoms with Gasteiger partial charge in [-0.15, -0.1) is 0 Å². The van der Waals surface area contributed by atoms with Crippen LogP contribution in [0.5, 0.6) is 0 Å². The zero-order valence-corrected chi connectivity index (χ0v) is 10.2. The van der Waals surface area contributed by atoms with E-state index < -0.39 is 0 Å². The van der Waals surface area contributed by atoms with Crippen molar-refractivity contribution in [2.24, 2.45) is 16.6 Å². The van der Waals surface area contributed by atoms with Gasteiger partial charge in [0.25, 0.3) is 0 Å². The van der Waals surface area contributed by atoms with Crippen molar-refractivity contribution in [3.63, 3.8) is 0 Å². The summed E-state index contributed by atoms with van der Waals surface area (Å²) in [7, 11) is 1.68. The third kappa shape index (κ3) is 3.66. The summed E-state index contributed by atoms with van der Waals surface area (Å²) < 4.78 is 5.14. The molecular formula is C13H20N2O. The average Bonchev–Trinajstić information content (AvgIpc) is 2.29. The van der Waals surface area contributed by atoms with E-state index in [-0.39, 0.29) is 6.04 Å². The summed E-state index contributed by atoms with van der Waals surface area (Å²) in [5.74, 6) is 0.999. The zero-order valence-electron chi connectivity index (χ0n) is 10.2. The molecule has 0 fully saturated rings. The van der Waals surface area contributed by atoms with Crippen LogP contribution in [0.4, 0.5) is 0 Å². The molecule has 0 spiro atoms. The Labute approximate surface area is 97.3 Å². The predicted molar refractivity (Wildman–Crippen MR) is 67.7 cm³/mol. The molecule has 0 aliphatic rings. The number of hydrogen-bond donors (Lipinski definition) is 1. The Morgan fingerprint density at radius 2 is 1.94 bits per heavy atom. The lowest BCUT2D eigenvalue weighted by Crippen LogP contribution is -2.24. The van der Waals surface area contributed by atoms with Crippen molar-refractivity contribution in [3.05, 3.63) is 35.9 Å². The first-order valence-electron chi connectivity index (χ1n) is 5.52. The Morgan fingerprint density at radius 1 is 1.31 bits per heavy atom. The Kier molecular flexibility index (Phi) is 4.99. The van der Waals surface area contributed by atoms with Gasteiger partial charge < -0.3 is 10.5 Å². The van der Waals surface area contributed by atoms with E-state index in [1.165, 1.54) is 0 Å². The molecule has 0 amide bonds. The van der Waals surface area contributed by atoms with Crippen molar-refractivity contribution in [2.75, 3.05) is 13.7 Å². The van der Waals surface area contributed by atoms with E-state index in [4.69, 9.17) is 10.5 Å². The molecule has 1 unspecified atom stereocenters. The third-order valence-corrected chi connectivity index (χ3v) is 2.48. The van der Waals surface area contributed by atoms with Gasteiger partial charge in [-0.05, 0) is 5.92 Å². The molecule has 0 aliphatic heterocycles. The Hall–Kier alpha value is -1.35. The van der Waals surface area contributed by atoms with E-state index >= 15 is 0 Å². The highest BCUT2D eigenvalue weighted by Crippen LogP contribution is 2.08. The van der Waals surface area contributed by atoms with Gasteiger partial charge >= 0.3 is 0 Å². The van der Waals surface area contributed by atoms with Crippen LogP contribution in [0.2, 0.25) is 0 Å². The minimum atomic E-state index is 0.116. The van der Waals surface area contributed by atoms with E-state index in [1.54, 1.807) is 7.11 Å². The largest absolute Gasteiger partial charge is 0.383 e. The normalized spacial score (nSPS) is 14.1. The average molecular weight is 220 g/mol. The lowest BCUT2D eigenvalue weighted by Gasteiger charge is -2.16. The highest BCUT2D eigenvalue weighted by molar-refractivity contribution is 5.97. The van der Waals surface area contributed by atoms with Gasteiger partial charge in [-0.3, -0.25) is 4.99 Å². The number of ether oxygens (including phenoxy) is 1. The molecule has 0 aromatic heterocycles. The second kappa shape index (κ2) is 6.28. The molecule has 0 radical (unpaired) electrons. The van der Waals surface area contributed by atoms with Crippen LogP contribution >= 0.6 is 0 Å². The summed E-state index contributed by atoms with van der Waals surface area (Å²) in [6, 6.07) is 9.92. The maximum absolute atomic E-state index is 5.96. The quantitative estimate of drug-likeness (QED) is 0.610. The van der Waals surface area contributed by atoms with Gasteiger partial charge in [0.15, 0.2) is 0 Å². The number of nitrogens with two attached hydrogens (primary N) is 1. The number of amidine groups is 1. The summed E-state index contributed by atoms with van der Waals surface area (Å²) in [4.78, 5) is 4.51. The molecule has 88 valence electrons.